The molecular weight excluding hydrogens is 386 g/mol. The van der Waals surface area contributed by atoms with Crippen molar-refractivity contribution in [1.29, 1.82) is 0 Å². The maximum Gasteiger partial charge on any atom is 0.295 e. The first-order valence-electron chi connectivity index (χ1n) is 9.75. The van der Waals surface area contributed by atoms with Crippen LogP contribution in [0.2, 0.25) is 0 Å². The van der Waals surface area contributed by atoms with E-state index in [-0.39, 0.29) is 5.56 Å². The fraction of sp³-hybridized carbons (Fsp3) is 0.208. The number of imidazole rings is 1. The number of fused-ring (bicyclic) bond motifs is 1. The Morgan fingerprint density at radius 2 is 1.43 bits per heavy atom. The second-order valence-electron chi connectivity index (χ2n) is 7.19. The largest absolute Gasteiger partial charge is 0.390 e. The van der Waals surface area contributed by atoms with Crippen LogP contribution in [0.4, 0.5) is 8.78 Å². The molecule has 0 saturated carbocycles. The van der Waals surface area contributed by atoms with Crippen LogP contribution in [-0.2, 0) is 18.1 Å². The van der Waals surface area contributed by atoms with Crippen molar-refractivity contribution >= 4 is 11.0 Å². The van der Waals surface area contributed by atoms with Gasteiger partial charge in [0.1, 0.15) is 6.61 Å². The number of hydrogen-bond acceptors (Lipinski definition) is 3. The molecule has 0 bridgehead atoms. The molecule has 0 aliphatic rings. The lowest BCUT2D eigenvalue weighted by atomic mass is 9.85. The number of alkyl halides is 2. The van der Waals surface area contributed by atoms with Crippen LogP contribution in [0.1, 0.15) is 29.4 Å². The molecule has 2 N–H and O–H groups in total. The molecule has 0 saturated heterocycles. The van der Waals surface area contributed by atoms with E-state index in [1.165, 1.54) is 18.2 Å². The number of benzene rings is 3. The lowest BCUT2D eigenvalue weighted by molar-refractivity contribution is -0.0555. The Labute approximate surface area is 173 Å². The maximum atomic E-state index is 14.1. The lowest BCUT2D eigenvalue weighted by Crippen LogP contribution is -2.32. The number of hydrogen-bond donors (Lipinski definition) is 2. The summed E-state index contributed by atoms with van der Waals surface area (Å²) >= 11 is 0. The minimum atomic E-state index is -3.35. The summed E-state index contributed by atoms with van der Waals surface area (Å²) in [6.07, 6.45) is 0. The zero-order chi connectivity index (χ0) is 21.4. The highest BCUT2D eigenvalue weighted by Crippen LogP contribution is 2.38. The van der Waals surface area contributed by atoms with Gasteiger partial charge in [-0.1, -0.05) is 66.7 Å². The van der Waals surface area contributed by atoms with E-state index in [4.69, 9.17) is 5.11 Å². The van der Waals surface area contributed by atoms with E-state index in [1.807, 2.05) is 67.6 Å². The fourth-order valence-electron chi connectivity index (χ4n) is 3.82. The summed E-state index contributed by atoms with van der Waals surface area (Å²) in [5.74, 6) is -3.01. The molecule has 1 heterocycles. The van der Waals surface area contributed by atoms with Gasteiger partial charge in [0.05, 0.1) is 11.0 Å². The van der Waals surface area contributed by atoms with Crippen LogP contribution in [0, 0.1) is 0 Å². The van der Waals surface area contributed by atoms with E-state index in [1.54, 1.807) is 4.57 Å². The summed E-state index contributed by atoms with van der Waals surface area (Å²) in [5.41, 5.74) is 0.362. The van der Waals surface area contributed by atoms with Crippen molar-refractivity contribution in [2.24, 2.45) is 0 Å². The molecule has 154 valence electrons. The van der Waals surface area contributed by atoms with Gasteiger partial charge < -0.3 is 14.8 Å². The Hall–Kier alpha value is -3.09. The molecule has 1 aromatic heterocycles. The number of rotatable bonds is 6. The third-order valence-electron chi connectivity index (χ3n) is 5.39. The summed E-state index contributed by atoms with van der Waals surface area (Å²) in [6.45, 7) is 1.02. The maximum absolute atomic E-state index is 14.1. The normalized spacial score (nSPS) is 12.4. The molecule has 4 rings (SSSR count). The van der Waals surface area contributed by atoms with Gasteiger partial charge in [0.15, 0.2) is 11.4 Å². The molecule has 0 amide bonds. The van der Waals surface area contributed by atoms with E-state index < -0.39 is 18.1 Å². The fourth-order valence-corrected chi connectivity index (χ4v) is 3.82. The van der Waals surface area contributed by atoms with Crippen LogP contribution in [0.3, 0.4) is 0 Å². The minimum Gasteiger partial charge on any atom is -0.390 e. The smallest absolute Gasteiger partial charge is 0.295 e. The van der Waals surface area contributed by atoms with E-state index in [0.717, 1.165) is 0 Å². The van der Waals surface area contributed by atoms with E-state index in [9.17, 15) is 13.9 Å². The summed E-state index contributed by atoms with van der Waals surface area (Å²) < 4.78 is 29.9. The molecule has 30 heavy (non-hydrogen) atoms. The van der Waals surface area contributed by atoms with Gasteiger partial charge in [-0.15, -0.1) is 0 Å². The van der Waals surface area contributed by atoms with Gasteiger partial charge in [0.2, 0.25) is 0 Å². The molecule has 4 nitrogen and oxygen atoms in total. The summed E-state index contributed by atoms with van der Waals surface area (Å²) in [4.78, 5) is 4.66. The minimum absolute atomic E-state index is 0.290. The molecule has 0 spiro atoms. The van der Waals surface area contributed by atoms with Gasteiger partial charge in [0.25, 0.3) is 5.92 Å². The second kappa shape index (κ2) is 7.63. The molecule has 0 aliphatic carbocycles. The number of aromatic nitrogens is 2. The van der Waals surface area contributed by atoms with Crippen molar-refractivity contribution in [2.45, 2.75) is 25.0 Å². The molecule has 0 aliphatic heterocycles. The first-order chi connectivity index (χ1) is 14.4. The van der Waals surface area contributed by atoms with E-state index in [0.29, 0.717) is 34.5 Å². The van der Waals surface area contributed by atoms with Crippen LogP contribution < -0.4 is 0 Å². The van der Waals surface area contributed by atoms with Gasteiger partial charge in [-0.05, 0) is 30.2 Å². The molecule has 0 radical (unpaired) electrons. The van der Waals surface area contributed by atoms with Crippen molar-refractivity contribution in [2.75, 3.05) is 6.61 Å². The van der Waals surface area contributed by atoms with Gasteiger partial charge in [-0.3, -0.25) is 0 Å². The monoisotopic (exact) mass is 408 g/mol. The summed E-state index contributed by atoms with van der Waals surface area (Å²) in [5, 5.41) is 21.1. The van der Waals surface area contributed by atoms with Crippen molar-refractivity contribution in [1.82, 2.24) is 9.55 Å². The van der Waals surface area contributed by atoms with Gasteiger partial charge in [-0.2, -0.15) is 8.78 Å². The third kappa shape index (κ3) is 3.18. The predicted molar refractivity (Wildman–Crippen MR) is 111 cm³/mol. The Kier molecular flexibility index (Phi) is 5.13. The van der Waals surface area contributed by atoms with Crippen LogP contribution in [0.25, 0.3) is 11.0 Å². The van der Waals surface area contributed by atoms with Crippen molar-refractivity contribution < 1.29 is 19.0 Å². The lowest BCUT2D eigenvalue weighted by Gasteiger charge is -2.29. The highest BCUT2D eigenvalue weighted by atomic mass is 19.3. The number of aliphatic hydroxyl groups is 2. The Morgan fingerprint density at radius 1 is 0.867 bits per heavy atom. The summed E-state index contributed by atoms with van der Waals surface area (Å²) in [6, 6.07) is 22.4. The molecule has 4 aromatic rings. The quantitative estimate of drug-likeness (QED) is 0.496. The second-order valence-corrected chi connectivity index (χ2v) is 7.19. The Balaban J connectivity index is 2.01. The topological polar surface area (TPSA) is 58.3 Å². The number of aliphatic hydroxyl groups excluding tert-OH is 1. The van der Waals surface area contributed by atoms with E-state index in [2.05, 4.69) is 4.98 Å². The van der Waals surface area contributed by atoms with Crippen molar-refractivity contribution in [3.05, 3.63) is 101 Å². The Bertz CT molecular complexity index is 1120. The molecule has 0 fully saturated rings. The molecule has 3 aromatic carbocycles. The van der Waals surface area contributed by atoms with Crippen LogP contribution in [-0.4, -0.2) is 26.4 Å². The third-order valence-corrected chi connectivity index (χ3v) is 5.39. The van der Waals surface area contributed by atoms with Crippen LogP contribution in [0.15, 0.2) is 78.9 Å². The molecular formula is C24H22F2N2O2. The predicted octanol–water partition coefficient (Wildman–Crippen LogP) is 4.42. The zero-order valence-corrected chi connectivity index (χ0v) is 16.5. The molecule has 6 heteroatoms. The van der Waals surface area contributed by atoms with E-state index >= 15 is 0 Å². The summed E-state index contributed by atoms with van der Waals surface area (Å²) in [7, 11) is 0. The van der Waals surface area contributed by atoms with Crippen molar-refractivity contribution in [3.8, 4) is 0 Å². The SMILES string of the molecule is CCn1c(C(O)(c2ccccc2)c2ccccc2)nc2ccc(C(F)(F)CO)cc21. The van der Waals surface area contributed by atoms with Crippen LogP contribution in [0.5, 0.6) is 0 Å². The average molecular weight is 408 g/mol. The molecule has 0 atom stereocenters. The number of halogens is 2. The average Bonchev–Trinajstić information content (AvgIpc) is 3.18. The van der Waals surface area contributed by atoms with Gasteiger partial charge in [-0.25, -0.2) is 4.98 Å². The number of aryl methyl sites for hydroxylation is 1. The standard InChI is InChI=1S/C24H22F2N2O2/c1-2-28-21-15-19(23(25,26)16-29)13-14-20(21)27-22(28)24(30,17-9-5-3-6-10-17)18-11-7-4-8-12-18/h3-15,29-30H,2,16H2,1H3. The zero-order valence-electron chi connectivity index (χ0n) is 16.5. The first kappa shape index (κ1) is 20.2. The van der Waals surface area contributed by atoms with Crippen LogP contribution >= 0.6 is 0 Å². The van der Waals surface area contributed by atoms with Gasteiger partial charge in [0, 0.05) is 12.1 Å². The van der Waals surface area contributed by atoms with Gasteiger partial charge >= 0.3 is 0 Å². The highest BCUT2D eigenvalue weighted by molar-refractivity contribution is 5.78. The highest BCUT2D eigenvalue weighted by Gasteiger charge is 2.39. The first-order valence-corrected chi connectivity index (χ1v) is 9.75. The Morgan fingerprint density at radius 3 is 1.93 bits per heavy atom. The number of nitrogens with zero attached hydrogens (tertiary/aromatic N) is 2. The van der Waals surface area contributed by atoms with Crippen molar-refractivity contribution in [3.63, 3.8) is 0 Å². The molecule has 0 unspecified atom stereocenters.